The van der Waals surface area contributed by atoms with Gasteiger partial charge in [-0.1, -0.05) is 0 Å². The Labute approximate surface area is 84.0 Å². The quantitative estimate of drug-likeness (QED) is 0.732. The van der Waals surface area contributed by atoms with Crippen LogP contribution in [0.1, 0.15) is 5.69 Å². The maximum absolute atomic E-state index is 10.9. The summed E-state index contributed by atoms with van der Waals surface area (Å²) in [5, 5.41) is 7.17. The molecule has 80 valence electrons. The van der Waals surface area contributed by atoms with Crippen molar-refractivity contribution in [1.82, 2.24) is 15.1 Å². The molecular formula is C8H15N3O2S. The summed E-state index contributed by atoms with van der Waals surface area (Å²) in [7, 11) is -1.06. The Bertz CT molecular complexity index is 383. The van der Waals surface area contributed by atoms with E-state index >= 15 is 0 Å². The zero-order chi connectivity index (χ0) is 10.6. The van der Waals surface area contributed by atoms with Gasteiger partial charge in [0, 0.05) is 19.0 Å². The van der Waals surface area contributed by atoms with Crippen LogP contribution in [-0.4, -0.2) is 37.3 Å². The monoisotopic (exact) mass is 217 g/mol. The first-order chi connectivity index (χ1) is 6.51. The van der Waals surface area contributed by atoms with E-state index in [0.29, 0.717) is 13.1 Å². The van der Waals surface area contributed by atoms with Crippen LogP contribution in [0, 0.1) is 0 Å². The predicted molar refractivity (Wildman–Crippen MR) is 54.7 cm³/mol. The van der Waals surface area contributed by atoms with Crippen molar-refractivity contribution in [3.63, 3.8) is 0 Å². The van der Waals surface area contributed by atoms with E-state index < -0.39 is 9.84 Å². The van der Waals surface area contributed by atoms with E-state index in [0.717, 1.165) is 5.69 Å². The average molecular weight is 217 g/mol. The van der Waals surface area contributed by atoms with Crippen molar-refractivity contribution in [2.75, 3.05) is 19.1 Å². The minimum atomic E-state index is -2.90. The van der Waals surface area contributed by atoms with Gasteiger partial charge in [-0.25, -0.2) is 8.42 Å². The minimum absolute atomic E-state index is 0.133. The highest BCUT2D eigenvalue weighted by Gasteiger charge is 2.03. The zero-order valence-corrected chi connectivity index (χ0v) is 9.21. The zero-order valence-electron chi connectivity index (χ0n) is 8.40. The van der Waals surface area contributed by atoms with Gasteiger partial charge in [0.05, 0.1) is 18.0 Å². The fourth-order valence-corrected chi connectivity index (χ4v) is 1.58. The standard InChI is InChI=1S/C8H15N3O2S/c1-9-7-8-3-4-11(10-8)5-6-14(2,12)13/h3-4,9H,5-7H2,1-2H3. The summed E-state index contributed by atoms with van der Waals surface area (Å²) in [6.45, 7) is 1.12. The molecule has 0 amide bonds. The molecule has 0 fully saturated rings. The number of aromatic nitrogens is 2. The molecule has 1 heterocycles. The maximum Gasteiger partial charge on any atom is 0.149 e. The molecule has 14 heavy (non-hydrogen) atoms. The largest absolute Gasteiger partial charge is 0.314 e. The number of hydrogen-bond acceptors (Lipinski definition) is 4. The summed E-state index contributed by atoms with van der Waals surface area (Å²) in [5.74, 6) is 0.133. The summed E-state index contributed by atoms with van der Waals surface area (Å²) in [6.07, 6.45) is 3.02. The molecule has 1 aromatic rings. The van der Waals surface area contributed by atoms with E-state index in [1.807, 2.05) is 13.1 Å². The van der Waals surface area contributed by atoms with Gasteiger partial charge >= 0.3 is 0 Å². The Hall–Kier alpha value is -0.880. The highest BCUT2D eigenvalue weighted by atomic mass is 32.2. The van der Waals surface area contributed by atoms with E-state index in [-0.39, 0.29) is 5.75 Å². The van der Waals surface area contributed by atoms with Gasteiger partial charge < -0.3 is 5.32 Å². The molecule has 0 spiro atoms. The fourth-order valence-electron chi connectivity index (χ4n) is 1.06. The topological polar surface area (TPSA) is 64.0 Å². The molecule has 1 aromatic heterocycles. The van der Waals surface area contributed by atoms with Crippen molar-refractivity contribution in [2.45, 2.75) is 13.1 Å². The molecule has 1 N–H and O–H groups in total. The van der Waals surface area contributed by atoms with Crippen LogP contribution in [0.15, 0.2) is 12.3 Å². The van der Waals surface area contributed by atoms with Gasteiger partial charge in [-0.05, 0) is 13.1 Å². The van der Waals surface area contributed by atoms with Gasteiger partial charge in [0.1, 0.15) is 9.84 Å². The molecule has 0 saturated heterocycles. The Morgan fingerprint density at radius 2 is 2.29 bits per heavy atom. The minimum Gasteiger partial charge on any atom is -0.314 e. The van der Waals surface area contributed by atoms with Crippen LogP contribution in [0.2, 0.25) is 0 Å². The third-order valence-corrected chi connectivity index (χ3v) is 2.67. The molecule has 0 aromatic carbocycles. The number of hydrogen-bond donors (Lipinski definition) is 1. The molecule has 6 heteroatoms. The van der Waals surface area contributed by atoms with Crippen LogP contribution >= 0.6 is 0 Å². The van der Waals surface area contributed by atoms with E-state index in [1.165, 1.54) is 6.26 Å². The smallest absolute Gasteiger partial charge is 0.149 e. The molecular weight excluding hydrogens is 202 g/mol. The van der Waals surface area contributed by atoms with E-state index in [2.05, 4.69) is 10.4 Å². The van der Waals surface area contributed by atoms with Gasteiger partial charge in [-0.15, -0.1) is 0 Å². The van der Waals surface area contributed by atoms with Crippen molar-refractivity contribution >= 4 is 9.84 Å². The second-order valence-corrected chi connectivity index (χ2v) is 5.49. The van der Waals surface area contributed by atoms with Crippen LogP contribution in [-0.2, 0) is 22.9 Å². The number of sulfone groups is 1. The molecule has 0 aliphatic rings. The van der Waals surface area contributed by atoms with Crippen LogP contribution in [0.4, 0.5) is 0 Å². The highest BCUT2D eigenvalue weighted by molar-refractivity contribution is 7.90. The Morgan fingerprint density at radius 3 is 2.86 bits per heavy atom. The third-order valence-electron chi connectivity index (χ3n) is 1.74. The summed E-state index contributed by atoms with van der Waals surface area (Å²) >= 11 is 0. The average Bonchev–Trinajstić information content (AvgIpc) is 2.49. The summed E-state index contributed by atoms with van der Waals surface area (Å²) < 4.78 is 23.4. The van der Waals surface area contributed by atoms with Crippen molar-refractivity contribution < 1.29 is 8.42 Å². The van der Waals surface area contributed by atoms with Gasteiger partial charge in [-0.2, -0.15) is 5.10 Å². The summed E-state index contributed by atoms with van der Waals surface area (Å²) in [5.41, 5.74) is 0.918. The summed E-state index contributed by atoms with van der Waals surface area (Å²) in [4.78, 5) is 0. The van der Waals surface area contributed by atoms with Crippen molar-refractivity contribution in [3.8, 4) is 0 Å². The Balaban J connectivity index is 2.52. The van der Waals surface area contributed by atoms with Crippen LogP contribution in [0.3, 0.4) is 0 Å². The lowest BCUT2D eigenvalue weighted by molar-refractivity contribution is 0.583. The molecule has 5 nitrogen and oxygen atoms in total. The van der Waals surface area contributed by atoms with Crippen molar-refractivity contribution in [2.24, 2.45) is 0 Å². The molecule has 0 saturated carbocycles. The van der Waals surface area contributed by atoms with E-state index in [4.69, 9.17) is 0 Å². The predicted octanol–water partition coefficient (Wildman–Crippen LogP) is -0.353. The number of nitrogens with zero attached hydrogens (tertiary/aromatic N) is 2. The molecule has 0 aliphatic carbocycles. The van der Waals surface area contributed by atoms with Gasteiger partial charge in [0.15, 0.2) is 0 Å². The number of rotatable bonds is 5. The van der Waals surface area contributed by atoms with E-state index in [1.54, 1.807) is 10.9 Å². The SMILES string of the molecule is CNCc1ccn(CCS(C)(=O)=O)n1. The van der Waals surface area contributed by atoms with Gasteiger partial charge in [0.25, 0.3) is 0 Å². The highest BCUT2D eigenvalue weighted by Crippen LogP contribution is 1.96. The molecule has 0 aliphatic heterocycles. The maximum atomic E-state index is 10.9. The van der Waals surface area contributed by atoms with Gasteiger partial charge in [-0.3, -0.25) is 4.68 Å². The lowest BCUT2D eigenvalue weighted by Crippen LogP contribution is -2.12. The second-order valence-electron chi connectivity index (χ2n) is 3.23. The van der Waals surface area contributed by atoms with Crippen LogP contribution < -0.4 is 5.32 Å². The first-order valence-electron chi connectivity index (χ1n) is 4.36. The number of aryl methyl sites for hydroxylation is 1. The number of nitrogens with one attached hydrogen (secondary N) is 1. The fraction of sp³-hybridized carbons (Fsp3) is 0.625. The van der Waals surface area contributed by atoms with Crippen LogP contribution in [0.5, 0.6) is 0 Å². The first-order valence-corrected chi connectivity index (χ1v) is 6.42. The summed E-state index contributed by atoms with van der Waals surface area (Å²) in [6, 6.07) is 1.87. The molecule has 0 radical (unpaired) electrons. The molecule has 0 unspecified atom stereocenters. The van der Waals surface area contributed by atoms with Gasteiger partial charge in [0.2, 0.25) is 0 Å². The first kappa shape index (κ1) is 11.2. The Kier molecular flexibility index (Phi) is 3.65. The molecule has 1 rings (SSSR count). The van der Waals surface area contributed by atoms with Crippen molar-refractivity contribution in [1.29, 1.82) is 0 Å². The second kappa shape index (κ2) is 4.56. The molecule has 0 atom stereocenters. The van der Waals surface area contributed by atoms with Crippen molar-refractivity contribution in [3.05, 3.63) is 18.0 Å². The lowest BCUT2D eigenvalue weighted by atomic mass is 10.4. The third kappa shape index (κ3) is 3.89. The van der Waals surface area contributed by atoms with Crippen LogP contribution in [0.25, 0.3) is 0 Å². The Morgan fingerprint density at radius 1 is 1.57 bits per heavy atom. The normalized spacial score (nSPS) is 11.9. The lowest BCUT2D eigenvalue weighted by Gasteiger charge is -1.99. The molecule has 0 bridgehead atoms. The van der Waals surface area contributed by atoms with E-state index in [9.17, 15) is 8.42 Å².